The number of aromatic hydroxyl groups is 1. The second-order valence-electron chi connectivity index (χ2n) is 4.04. The smallest absolute Gasteiger partial charge is 0.327 e. The standard InChI is InChI=1S/C13H16N2O5S/c1-7(16)14-9-3-4-11(18)12(5-9)21-6-10(13(19)20)15-8(2)17/h3-5,10,18H,6H2,1-2H3,(H,14,16)(H,15,17)(H,19,20)/t10-/m0/s1/i2D3. The molecule has 0 saturated heterocycles. The van der Waals surface area contributed by atoms with E-state index in [0.29, 0.717) is 5.69 Å². The number of carbonyl (C=O) groups is 3. The first kappa shape index (κ1) is 12.5. The number of hydrogen-bond donors (Lipinski definition) is 4. The second-order valence-corrected chi connectivity index (χ2v) is 5.10. The fraction of sp³-hybridized carbons (Fsp3) is 0.308. The van der Waals surface area contributed by atoms with E-state index in [0.717, 1.165) is 11.8 Å². The van der Waals surface area contributed by atoms with Gasteiger partial charge in [0.25, 0.3) is 0 Å². The minimum absolute atomic E-state index is 0.139. The van der Waals surface area contributed by atoms with Gasteiger partial charge in [0.1, 0.15) is 11.8 Å². The largest absolute Gasteiger partial charge is 0.507 e. The summed E-state index contributed by atoms with van der Waals surface area (Å²) in [4.78, 5) is 33.8. The second kappa shape index (κ2) is 7.53. The molecule has 0 aromatic heterocycles. The van der Waals surface area contributed by atoms with Gasteiger partial charge in [-0.2, -0.15) is 0 Å². The van der Waals surface area contributed by atoms with Crippen LogP contribution in [0.4, 0.5) is 5.69 Å². The molecule has 0 spiro atoms. The van der Waals surface area contributed by atoms with Crippen molar-refractivity contribution >= 4 is 35.2 Å². The summed E-state index contributed by atoms with van der Waals surface area (Å²) in [6.07, 6.45) is 0. The molecule has 1 atom stereocenters. The van der Waals surface area contributed by atoms with Crippen LogP contribution in [0.3, 0.4) is 0 Å². The molecule has 0 radical (unpaired) electrons. The number of rotatable bonds is 6. The monoisotopic (exact) mass is 315 g/mol. The molecule has 0 aliphatic carbocycles. The van der Waals surface area contributed by atoms with Gasteiger partial charge in [0.15, 0.2) is 0 Å². The Hall–Kier alpha value is -2.22. The van der Waals surface area contributed by atoms with E-state index in [1.54, 1.807) is 0 Å². The number of carboxylic acid groups (broad SMARTS) is 1. The van der Waals surface area contributed by atoms with Crippen LogP contribution in [0.25, 0.3) is 0 Å². The van der Waals surface area contributed by atoms with Crippen molar-refractivity contribution in [1.82, 2.24) is 5.32 Å². The number of benzene rings is 1. The average molecular weight is 315 g/mol. The van der Waals surface area contributed by atoms with Gasteiger partial charge in [0.2, 0.25) is 11.8 Å². The van der Waals surface area contributed by atoms with Crippen LogP contribution in [0, 0.1) is 0 Å². The van der Waals surface area contributed by atoms with E-state index in [9.17, 15) is 19.5 Å². The van der Waals surface area contributed by atoms with Crippen molar-refractivity contribution in [2.75, 3.05) is 11.1 Å². The first-order chi connectivity index (χ1) is 11.0. The molecular weight excluding hydrogens is 296 g/mol. The highest BCUT2D eigenvalue weighted by atomic mass is 32.2. The number of phenolic OH excluding ortho intramolecular Hbond substituents is 1. The van der Waals surface area contributed by atoms with Crippen LogP contribution in [0.15, 0.2) is 23.1 Å². The Bertz CT molecular complexity index is 651. The molecule has 114 valence electrons. The summed E-state index contributed by atoms with van der Waals surface area (Å²) in [5, 5.41) is 23.3. The van der Waals surface area contributed by atoms with Crippen molar-refractivity contribution in [2.24, 2.45) is 0 Å². The Balaban J connectivity index is 2.82. The molecule has 0 saturated carbocycles. The fourth-order valence-electron chi connectivity index (χ4n) is 1.42. The number of anilines is 1. The van der Waals surface area contributed by atoms with Gasteiger partial charge >= 0.3 is 5.97 Å². The number of nitrogens with one attached hydrogen (secondary N) is 2. The summed E-state index contributed by atoms with van der Waals surface area (Å²) in [6.45, 7) is -1.64. The van der Waals surface area contributed by atoms with E-state index < -0.39 is 24.8 Å². The highest BCUT2D eigenvalue weighted by Crippen LogP contribution is 2.31. The summed E-state index contributed by atoms with van der Waals surface area (Å²) >= 11 is 0.897. The van der Waals surface area contributed by atoms with Gasteiger partial charge in [0, 0.05) is 29.3 Å². The fourth-order valence-corrected chi connectivity index (χ4v) is 2.42. The van der Waals surface area contributed by atoms with Gasteiger partial charge in [-0.3, -0.25) is 9.59 Å². The Kier molecular flexibility index (Phi) is 4.49. The molecule has 0 aliphatic heterocycles. The summed E-state index contributed by atoms with van der Waals surface area (Å²) < 4.78 is 20.8. The predicted octanol–water partition coefficient (Wildman–Crippen LogP) is 1.03. The molecule has 0 fully saturated rings. The molecular formula is C13H16N2O5S. The maximum absolute atomic E-state index is 11.4. The number of carboxylic acids is 1. The number of hydrogen-bond acceptors (Lipinski definition) is 5. The van der Waals surface area contributed by atoms with E-state index >= 15 is 0 Å². The highest BCUT2D eigenvalue weighted by Gasteiger charge is 2.19. The molecule has 2 amide bonds. The zero-order chi connectivity index (χ0) is 18.5. The zero-order valence-electron chi connectivity index (χ0n) is 14.0. The number of thioether (sulfide) groups is 1. The van der Waals surface area contributed by atoms with Crippen molar-refractivity contribution in [2.45, 2.75) is 24.7 Å². The number of phenols is 1. The number of aliphatic carboxylic acids is 1. The van der Waals surface area contributed by atoms with Gasteiger partial charge in [-0.1, -0.05) is 0 Å². The zero-order valence-corrected chi connectivity index (χ0v) is 11.9. The van der Waals surface area contributed by atoms with E-state index in [1.807, 2.05) is 5.32 Å². The Morgan fingerprint density at radius 3 is 2.67 bits per heavy atom. The summed E-state index contributed by atoms with van der Waals surface area (Å²) in [7, 11) is 0. The van der Waals surface area contributed by atoms with Crippen LogP contribution in [0.1, 0.15) is 17.9 Å². The van der Waals surface area contributed by atoms with Crippen molar-refractivity contribution in [1.29, 1.82) is 0 Å². The number of carbonyl (C=O) groups excluding carboxylic acids is 2. The molecule has 1 aromatic rings. The SMILES string of the molecule is [2H]C([2H])([2H])C(=O)N[C@@H](CSc1cc(NC(C)=O)ccc1O)C(=O)O. The first-order valence-electron chi connectivity index (χ1n) is 7.28. The van der Waals surface area contributed by atoms with Crippen LogP contribution in [0.5, 0.6) is 5.75 Å². The first-order valence-corrected chi connectivity index (χ1v) is 6.76. The average Bonchev–Trinajstić information content (AvgIpc) is 2.44. The lowest BCUT2D eigenvalue weighted by Gasteiger charge is -2.14. The molecule has 1 rings (SSSR count). The molecule has 0 aliphatic rings. The van der Waals surface area contributed by atoms with Crippen LogP contribution >= 0.6 is 11.8 Å². The summed E-state index contributed by atoms with van der Waals surface area (Å²) in [6, 6.07) is 2.77. The Labute approximate surface area is 129 Å². The lowest BCUT2D eigenvalue weighted by atomic mass is 10.3. The van der Waals surface area contributed by atoms with Gasteiger partial charge in [-0.25, -0.2) is 4.79 Å². The minimum Gasteiger partial charge on any atom is -0.507 e. The van der Waals surface area contributed by atoms with E-state index in [-0.39, 0.29) is 22.3 Å². The van der Waals surface area contributed by atoms with Crippen LogP contribution in [0.2, 0.25) is 0 Å². The van der Waals surface area contributed by atoms with Crippen LogP contribution in [-0.2, 0) is 14.4 Å². The molecule has 1 aromatic carbocycles. The lowest BCUT2D eigenvalue weighted by Crippen LogP contribution is -2.41. The number of amides is 2. The molecule has 0 bridgehead atoms. The summed E-state index contributed by atoms with van der Waals surface area (Å²) in [5.74, 6) is -3.44. The lowest BCUT2D eigenvalue weighted by molar-refractivity contribution is -0.140. The van der Waals surface area contributed by atoms with Crippen LogP contribution in [-0.4, -0.2) is 39.8 Å². The molecule has 0 unspecified atom stereocenters. The van der Waals surface area contributed by atoms with E-state index in [1.165, 1.54) is 25.1 Å². The Morgan fingerprint density at radius 2 is 2.10 bits per heavy atom. The maximum Gasteiger partial charge on any atom is 0.327 e. The highest BCUT2D eigenvalue weighted by molar-refractivity contribution is 7.99. The quantitative estimate of drug-likeness (QED) is 0.460. The Morgan fingerprint density at radius 1 is 1.38 bits per heavy atom. The third-order valence-electron chi connectivity index (χ3n) is 2.29. The van der Waals surface area contributed by atoms with Gasteiger partial charge in [0.05, 0.1) is 4.90 Å². The summed E-state index contributed by atoms with van der Waals surface area (Å²) in [5.41, 5.74) is 0.404. The predicted molar refractivity (Wildman–Crippen MR) is 78.4 cm³/mol. The molecule has 8 heteroatoms. The normalized spacial score (nSPS) is 14.2. The van der Waals surface area contributed by atoms with Gasteiger partial charge < -0.3 is 20.8 Å². The van der Waals surface area contributed by atoms with Crippen molar-refractivity contribution in [3.8, 4) is 5.75 Å². The van der Waals surface area contributed by atoms with E-state index in [2.05, 4.69) is 5.32 Å². The maximum atomic E-state index is 11.4. The van der Waals surface area contributed by atoms with Crippen molar-refractivity contribution in [3.63, 3.8) is 0 Å². The molecule has 0 heterocycles. The molecule has 7 nitrogen and oxygen atoms in total. The van der Waals surface area contributed by atoms with Crippen molar-refractivity contribution < 1.29 is 28.7 Å². The third-order valence-corrected chi connectivity index (χ3v) is 3.43. The molecule has 21 heavy (non-hydrogen) atoms. The topological polar surface area (TPSA) is 116 Å². The molecule has 4 N–H and O–H groups in total. The van der Waals surface area contributed by atoms with Gasteiger partial charge in [-0.15, -0.1) is 11.8 Å². The van der Waals surface area contributed by atoms with Gasteiger partial charge in [-0.05, 0) is 18.2 Å². The minimum atomic E-state index is -2.95. The van der Waals surface area contributed by atoms with E-state index in [4.69, 9.17) is 9.22 Å². The third kappa shape index (κ3) is 5.74. The van der Waals surface area contributed by atoms with Crippen molar-refractivity contribution in [3.05, 3.63) is 18.2 Å². The van der Waals surface area contributed by atoms with Crippen LogP contribution < -0.4 is 10.6 Å².